The molecule has 0 aromatic carbocycles. The first-order valence-corrected chi connectivity index (χ1v) is 8.78. The van der Waals surface area contributed by atoms with E-state index in [0.717, 1.165) is 25.7 Å². The average Bonchev–Trinajstić information content (AvgIpc) is 2.53. The largest absolute Gasteiger partial charge is 0.550 e. The molecule has 0 aliphatic rings. The smallest absolute Gasteiger partial charge is 0.0723 e. The van der Waals surface area contributed by atoms with E-state index < -0.39 is 12.1 Å². The topological polar surface area (TPSA) is 80.6 Å². The van der Waals surface area contributed by atoms with Crippen molar-refractivity contribution < 1.29 is 20.1 Å². The minimum absolute atomic E-state index is 0.00765. The highest BCUT2D eigenvalue weighted by atomic mass is 16.4. The Balaban J connectivity index is 3.77. The van der Waals surface area contributed by atoms with Gasteiger partial charge in [-0.1, -0.05) is 74.8 Å². The Hall–Kier alpha value is -1.65. The quantitative estimate of drug-likeness (QED) is 0.378. The lowest BCUT2D eigenvalue weighted by atomic mass is 10.1. The first-order chi connectivity index (χ1) is 11.6. The van der Waals surface area contributed by atoms with Gasteiger partial charge in [0.1, 0.15) is 0 Å². The van der Waals surface area contributed by atoms with Crippen LogP contribution in [-0.2, 0) is 4.79 Å². The second-order valence-electron chi connectivity index (χ2n) is 5.80. The van der Waals surface area contributed by atoms with Crippen LogP contribution in [0.25, 0.3) is 0 Å². The first-order valence-electron chi connectivity index (χ1n) is 8.78. The summed E-state index contributed by atoms with van der Waals surface area (Å²) in [5.74, 6) is -1.07. The highest BCUT2D eigenvalue weighted by molar-refractivity contribution is 5.64. The molecule has 24 heavy (non-hydrogen) atoms. The third-order valence-electron chi connectivity index (χ3n) is 3.45. The van der Waals surface area contributed by atoms with E-state index in [1.165, 1.54) is 0 Å². The Morgan fingerprint density at radius 3 is 2.29 bits per heavy atom. The maximum atomic E-state index is 10.2. The molecule has 2 N–H and O–H groups in total. The van der Waals surface area contributed by atoms with E-state index in [2.05, 4.69) is 6.92 Å². The van der Waals surface area contributed by atoms with Gasteiger partial charge in [0.2, 0.25) is 0 Å². The Labute approximate surface area is 145 Å². The molecule has 0 saturated carbocycles. The molecule has 0 fully saturated rings. The Morgan fingerprint density at radius 2 is 1.62 bits per heavy atom. The van der Waals surface area contributed by atoms with Crippen molar-refractivity contribution in [3.05, 3.63) is 48.6 Å². The van der Waals surface area contributed by atoms with Crippen molar-refractivity contribution in [2.45, 2.75) is 70.5 Å². The molecule has 4 heteroatoms. The number of carboxylic acid groups (broad SMARTS) is 1. The Morgan fingerprint density at radius 1 is 0.958 bits per heavy atom. The molecular formula is C20H31O4-. The predicted molar refractivity (Wildman–Crippen MR) is 96.2 cm³/mol. The molecule has 2 atom stereocenters. The van der Waals surface area contributed by atoms with E-state index in [0.29, 0.717) is 19.3 Å². The third-order valence-corrected chi connectivity index (χ3v) is 3.45. The number of aliphatic carboxylic acids is 1. The molecule has 0 radical (unpaired) electrons. The minimum atomic E-state index is -1.07. The van der Waals surface area contributed by atoms with Crippen molar-refractivity contribution >= 4 is 5.97 Å². The number of unbranched alkanes of at least 4 members (excludes halogenated alkanes) is 2. The van der Waals surface area contributed by atoms with Crippen LogP contribution in [-0.4, -0.2) is 28.4 Å². The number of carboxylic acids is 1. The molecule has 0 aromatic rings. The predicted octanol–water partition coefficient (Wildman–Crippen LogP) is 2.82. The molecule has 0 unspecified atom stereocenters. The van der Waals surface area contributed by atoms with Gasteiger partial charge in [0.15, 0.2) is 0 Å². The van der Waals surface area contributed by atoms with Crippen LogP contribution in [0.3, 0.4) is 0 Å². The molecule has 0 heterocycles. The Kier molecular flexibility index (Phi) is 15.1. The van der Waals surface area contributed by atoms with Gasteiger partial charge in [-0.15, -0.1) is 0 Å². The normalized spacial score (nSPS) is 15.1. The SMILES string of the molecule is CCCCC[C@H](O)/C=C/C=C\C=C\C=C\C[C@@H](O)CCCC(=O)[O-]. The van der Waals surface area contributed by atoms with Gasteiger partial charge in [-0.25, -0.2) is 0 Å². The summed E-state index contributed by atoms with van der Waals surface area (Å²) in [6, 6.07) is 0. The zero-order valence-corrected chi connectivity index (χ0v) is 14.6. The fourth-order valence-corrected chi connectivity index (χ4v) is 2.06. The van der Waals surface area contributed by atoms with Gasteiger partial charge in [-0.3, -0.25) is 0 Å². The number of allylic oxidation sites excluding steroid dienone is 6. The number of rotatable bonds is 14. The summed E-state index contributed by atoms with van der Waals surface area (Å²) in [5, 5.41) is 29.6. The van der Waals surface area contributed by atoms with Gasteiger partial charge < -0.3 is 20.1 Å². The van der Waals surface area contributed by atoms with Gasteiger partial charge >= 0.3 is 0 Å². The number of aliphatic hydroxyl groups is 2. The summed E-state index contributed by atoms with van der Waals surface area (Å²) >= 11 is 0. The van der Waals surface area contributed by atoms with E-state index in [4.69, 9.17) is 0 Å². The van der Waals surface area contributed by atoms with Crippen molar-refractivity contribution in [1.29, 1.82) is 0 Å². The lowest BCUT2D eigenvalue weighted by Crippen LogP contribution is -2.22. The van der Waals surface area contributed by atoms with Crippen molar-refractivity contribution in [3.63, 3.8) is 0 Å². The van der Waals surface area contributed by atoms with Crippen LogP contribution < -0.4 is 5.11 Å². The molecule has 0 rings (SSSR count). The summed E-state index contributed by atoms with van der Waals surface area (Å²) in [6.07, 6.45) is 19.5. The fourth-order valence-electron chi connectivity index (χ4n) is 2.06. The molecule has 0 bridgehead atoms. The first kappa shape index (κ1) is 22.4. The summed E-state index contributed by atoms with van der Waals surface area (Å²) in [6.45, 7) is 2.14. The van der Waals surface area contributed by atoms with Crippen molar-refractivity contribution in [3.8, 4) is 0 Å². The van der Waals surface area contributed by atoms with E-state index in [1.54, 1.807) is 6.08 Å². The highest BCUT2D eigenvalue weighted by Gasteiger charge is 2.00. The van der Waals surface area contributed by atoms with Crippen LogP contribution >= 0.6 is 0 Å². The van der Waals surface area contributed by atoms with Crippen LogP contribution in [0.1, 0.15) is 58.3 Å². The van der Waals surface area contributed by atoms with E-state index in [9.17, 15) is 20.1 Å². The van der Waals surface area contributed by atoms with Crippen LogP contribution in [0.15, 0.2) is 48.6 Å². The van der Waals surface area contributed by atoms with Gasteiger partial charge in [0, 0.05) is 5.97 Å². The maximum absolute atomic E-state index is 10.2. The summed E-state index contributed by atoms with van der Waals surface area (Å²) in [4.78, 5) is 10.2. The molecule has 0 aliphatic heterocycles. The average molecular weight is 335 g/mol. The summed E-state index contributed by atoms with van der Waals surface area (Å²) in [5.41, 5.74) is 0. The zero-order chi connectivity index (χ0) is 18.0. The van der Waals surface area contributed by atoms with Gasteiger partial charge in [0.05, 0.1) is 12.2 Å². The fraction of sp³-hybridized carbons (Fsp3) is 0.550. The maximum Gasteiger partial charge on any atom is 0.0723 e. The standard InChI is InChI=1S/C20H32O4/c1-2-3-9-13-18(21)14-10-7-5-4-6-8-11-15-19(22)16-12-17-20(23)24/h4-8,10-11,14,18-19,21-22H,2-3,9,12-13,15-17H2,1H3,(H,23,24)/p-1/b6-4+,7-5-,11-8+,14-10+/t18-,19+/m0/s1. The number of hydrogen-bond acceptors (Lipinski definition) is 4. The molecular weight excluding hydrogens is 304 g/mol. The van der Waals surface area contributed by atoms with Gasteiger partial charge in [-0.2, -0.15) is 0 Å². The highest BCUT2D eigenvalue weighted by Crippen LogP contribution is 2.05. The van der Waals surface area contributed by atoms with E-state index in [1.807, 2.05) is 42.5 Å². The number of aliphatic hydroxyl groups excluding tert-OH is 2. The third kappa shape index (κ3) is 16.7. The lowest BCUT2D eigenvalue weighted by molar-refractivity contribution is -0.305. The van der Waals surface area contributed by atoms with Crippen LogP contribution in [0, 0.1) is 0 Å². The van der Waals surface area contributed by atoms with Crippen LogP contribution in [0.2, 0.25) is 0 Å². The molecule has 0 spiro atoms. The van der Waals surface area contributed by atoms with Crippen molar-refractivity contribution in [1.82, 2.24) is 0 Å². The molecule has 0 aromatic heterocycles. The number of carbonyl (C=O) groups excluding carboxylic acids is 1. The van der Waals surface area contributed by atoms with E-state index >= 15 is 0 Å². The molecule has 0 saturated heterocycles. The minimum Gasteiger partial charge on any atom is -0.550 e. The lowest BCUT2D eigenvalue weighted by Gasteiger charge is -2.07. The van der Waals surface area contributed by atoms with Crippen LogP contribution in [0.4, 0.5) is 0 Å². The molecule has 4 nitrogen and oxygen atoms in total. The summed E-state index contributed by atoms with van der Waals surface area (Å²) in [7, 11) is 0. The van der Waals surface area contributed by atoms with Gasteiger partial charge in [0.25, 0.3) is 0 Å². The van der Waals surface area contributed by atoms with Crippen molar-refractivity contribution in [2.24, 2.45) is 0 Å². The number of hydrogen-bond donors (Lipinski definition) is 2. The second-order valence-corrected chi connectivity index (χ2v) is 5.80. The zero-order valence-electron chi connectivity index (χ0n) is 14.6. The monoisotopic (exact) mass is 335 g/mol. The summed E-state index contributed by atoms with van der Waals surface area (Å²) < 4.78 is 0. The molecule has 136 valence electrons. The molecule has 0 aliphatic carbocycles. The Bertz CT molecular complexity index is 421. The van der Waals surface area contributed by atoms with Crippen molar-refractivity contribution in [2.75, 3.05) is 0 Å². The van der Waals surface area contributed by atoms with Gasteiger partial charge in [-0.05, 0) is 32.1 Å². The molecule has 0 amide bonds. The number of carbonyl (C=O) groups is 1. The van der Waals surface area contributed by atoms with Crippen LogP contribution in [0.5, 0.6) is 0 Å². The second kappa shape index (κ2) is 16.2. The van der Waals surface area contributed by atoms with E-state index in [-0.39, 0.29) is 12.5 Å².